The van der Waals surface area contributed by atoms with Gasteiger partial charge in [0.2, 0.25) is 0 Å². The van der Waals surface area contributed by atoms with Gasteiger partial charge in [-0.15, -0.1) is 11.3 Å². The molecule has 0 aliphatic rings. The average Bonchev–Trinajstić information content (AvgIpc) is 2.67. The summed E-state index contributed by atoms with van der Waals surface area (Å²) < 4.78 is 46.3. The first-order valence-electron chi connectivity index (χ1n) is 4.38. The highest BCUT2D eigenvalue weighted by atomic mass is 32.2. The average molecular weight is 268 g/mol. The molecule has 15 heavy (non-hydrogen) atoms. The minimum absolute atomic E-state index is 0.0353. The van der Waals surface area contributed by atoms with Crippen LogP contribution in [-0.4, -0.2) is 28.3 Å². The van der Waals surface area contributed by atoms with Crippen molar-refractivity contribution in [3.05, 3.63) is 11.4 Å². The van der Waals surface area contributed by atoms with Crippen molar-refractivity contribution in [3.8, 4) is 0 Å². The summed E-state index contributed by atoms with van der Waals surface area (Å²) in [5.74, 6) is -0.171. The maximum Gasteiger partial charge on any atom is 0.188 e. The molecule has 4 nitrogen and oxygen atoms in total. The summed E-state index contributed by atoms with van der Waals surface area (Å²) in [7, 11) is -6.89. The number of hydrogen-bond donors (Lipinski definition) is 0. The molecule has 0 spiro atoms. The zero-order valence-corrected chi connectivity index (χ0v) is 10.9. The summed E-state index contributed by atoms with van der Waals surface area (Å²) >= 11 is 0.956. The number of thiophene rings is 1. The third-order valence-electron chi connectivity index (χ3n) is 1.97. The van der Waals surface area contributed by atoms with Gasteiger partial charge in [0.1, 0.15) is 4.21 Å². The zero-order valence-electron chi connectivity index (χ0n) is 8.43. The Morgan fingerprint density at radius 3 is 2.07 bits per heavy atom. The van der Waals surface area contributed by atoms with Crippen LogP contribution in [-0.2, 0) is 19.7 Å². The van der Waals surface area contributed by atoms with Crippen molar-refractivity contribution >= 4 is 31.0 Å². The molecular formula is C8H12O4S3. The van der Waals surface area contributed by atoms with Crippen LogP contribution >= 0.6 is 11.3 Å². The normalized spacial score (nSPS) is 12.9. The second-order valence-electron chi connectivity index (χ2n) is 2.88. The monoisotopic (exact) mass is 268 g/mol. The summed E-state index contributed by atoms with van der Waals surface area (Å²) in [4.78, 5) is -0.0585. The van der Waals surface area contributed by atoms with E-state index in [1.807, 2.05) is 0 Å². The van der Waals surface area contributed by atoms with Crippen LogP contribution in [0.5, 0.6) is 0 Å². The zero-order chi connectivity index (χ0) is 11.7. The van der Waals surface area contributed by atoms with E-state index in [1.165, 1.54) is 25.3 Å². The van der Waals surface area contributed by atoms with E-state index >= 15 is 0 Å². The molecule has 0 atom stereocenters. The fraction of sp³-hybridized carbons (Fsp3) is 0.500. The predicted octanol–water partition coefficient (Wildman–Crippen LogP) is 1.34. The van der Waals surface area contributed by atoms with Crippen LogP contribution in [0.15, 0.2) is 20.6 Å². The molecule has 1 aromatic heterocycles. The molecule has 0 aromatic carbocycles. The molecule has 1 aromatic rings. The van der Waals surface area contributed by atoms with Gasteiger partial charge in [-0.25, -0.2) is 16.8 Å². The first-order chi connectivity index (χ1) is 6.85. The summed E-state index contributed by atoms with van der Waals surface area (Å²) in [6, 6.07) is 1.35. The van der Waals surface area contributed by atoms with Crippen LogP contribution in [0.4, 0.5) is 0 Å². The van der Waals surface area contributed by atoms with E-state index in [-0.39, 0.29) is 20.6 Å². The first-order valence-corrected chi connectivity index (χ1v) is 8.56. The van der Waals surface area contributed by atoms with E-state index in [4.69, 9.17) is 0 Å². The Morgan fingerprint density at radius 1 is 1.07 bits per heavy atom. The molecule has 1 rings (SSSR count). The molecule has 1 heterocycles. The van der Waals surface area contributed by atoms with E-state index in [0.717, 1.165) is 11.3 Å². The molecule has 0 aliphatic heterocycles. The van der Waals surface area contributed by atoms with E-state index in [0.29, 0.717) is 0 Å². The lowest BCUT2D eigenvalue weighted by Crippen LogP contribution is -2.10. The molecule has 0 aliphatic carbocycles. The Labute approximate surface area is 93.8 Å². The maximum atomic E-state index is 11.6. The summed E-state index contributed by atoms with van der Waals surface area (Å²) in [5, 5.41) is 1.49. The Balaban J connectivity index is 3.45. The lowest BCUT2D eigenvalue weighted by atomic mass is 10.7. The van der Waals surface area contributed by atoms with Gasteiger partial charge in [0, 0.05) is 0 Å². The quantitative estimate of drug-likeness (QED) is 0.826. The summed E-state index contributed by atoms with van der Waals surface area (Å²) in [6.45, 7) is 2.99. The van der Waals surface area contributed by atoms with Crippen molar-refractivity contribution in [1.82, 2.24) is 0 Å². The topological polar surface area (TPSA) is 68.3 Å². The molecular weight excluding hydrogens is 256 g/mol. The SMILES string of the molecule is CCS(=O)(=O)c1ccsc1S(=O)(=O)CC. The highest BCUT2D eigenvalue weighted by molar-refractivity contribution is 7.95. The van der Waals surface area contributed by atoms with Crippen molar-refractivity contribution in [1.29, 1.82) is 0 Å². The third kappa shape index (κ3) is 2.40. The number of sulfone groups is 2. The van der Waals surface area contributed by atoms with Gasteiger partial charge >= 0.3 is 0 Å². The van der Waals surface area contributed by atoms with Crippen molar-refractivity contribution in [3.63, 3.8) is 0 Å². The van der Waals surface area contributed by atoms with Gasteiger partial charge in [-0.05, 0) is 11.4 Å². The smallest absolute Gasteiger partial charge is 0.188 e. The maximum absolute atomic E-state index is 11.6. The molecule has 0 amide bonds. The van der Waals surface area contributed by atoms with Gasteiger partial charge in [-0.2, -0.15) is 0 Å². The largest absolute Gasteiger partial charge is 0.224 e. The van der Waals surface area contributed by atoms with E-state index < -0.39 is 19.7 Å². The Hall–Kier alpha value is -0.400. The third-order valence-corrected chi connectivity index (χ3v) is 7.30. The lowest BCUT2D eigenvalue weighted by Gasteiger charge is -2.02. The molecule has 0 N–H and O–H groups in total. The summed E-state index contributed by atoms with van der Waals surface area (Å²) in [5.41, 5.74) is 0. The van der Waals surface area contributed by atoms with Crippen LogP contribution in [0.1, 0.15) is 13.8 Å². The first kappa shape index (κ1) is 12.7. The standard InChI is InChI=1S/C8H12O4S3/c1-3-14(9,10)7-5-6-13-8(7)15(11,12)4-2/h5-6H,3-4H2,1-2H3. The molecule has 0 fully saturated rings. The highest BCUT2D eigenvalue weighted by Gasteiger charge is 2.25. The van der Waals surface area contributed by atoms with Gasteiger partial charge in [0.25, 0.3) is 0 Å². The molecule has 86 valence electrons. The lowest BCUT2D eigenvalue weighted by molar-refractivity contribution is 0.587. The van der Waals surface area contributed by atoms with Crippen LogP contribution in [0.2, 0.25) is 0 Å². The fourth-order valence-corrected chi connectivity index (χ4v) is 5.50. The van der Waals surface area contributed by atoms with Crippen LogP contribution in [0, 0.1) is 0 Å². The minimum atomic E-state index is -3.45. The molecule has 0 bridgehead atoms. The Morgan fingerprint density at radius 2 is 1.60 bits per heavy atom. The Kier molecular flexibility index (Phi) is 3.57. The van der Waals surface area contributed by atoms with Crippen molar-refractivity contribution < 1.29 is 16.8 Å². The summed E-state index contributed by atoms with van der Waals surface area (Å²) in [6.07, 6.45) is 0. The van der Waals surface area contributed by atoms with Gasteiger partial charge < -0.3 is 0 Å². The van der Waals surface area contributed by atoms with E-state index in [2.05, 4.69) is 0 Å². The van der Waals surface area contributed by atoms with Crippen LogP contribution in [0.3, 0.4) is 0 Å². The van der Waals surface area contributed by atoms with Gasteiger partial charge in [-0.3, -0.25) is 0 Å². The van der Waals surface area contributed by atoms with Gasteiger partial charge in [-0.1, -0.05) is 13.8 Å². The highest BCUT2D eigenvalue weighted by Crippen LogP contribution is 2.28. The van der Waals surface area contributed by atoms with Crippen molar-refractivity contribution in [2.75, 3.05) is 11.5 Å². The number of hydrogen-bond acceptors (Lipinski definition) is 5. The van der Waals surface area contributed by atoms with Crippen molar-refractivity contribution in [2.24, 2.45) is 0 Å². The molecule has 7 heteroatoms. The van der Waals surface area contributed by atoms with E-state index in [1.54, 1.807) is 0 Å². The molecule has 0 saturated carbocycles. The molecule has 0 radical (unpaired) electrons. The second kappa shape index (κ2) is 4.23. The van der Waals surface area contributed by atoms with E-state index in [9.17, 15) is 16.8 Å². The van der Waals surface area contributed by atoms with Crippen LogP contribution < -0.4 is 0 Å². The van der Waals surface area contributed by atoms with Crippen molar-refractivity contribution in [2.45, 2.75) is 23.0 Å². The second-order valence-corrected chi connectivity index (χ2v) is 8.52. The van der Waals surface area contributed by atoms with Gasteiger partial charge in [0.15, 0.2) is 19.7 Å². The minimum Gasteiger partial charge on any atom is -0.224 e. The predicted molar refractivity (Wildman–Crippen MR) is 59.8 cm³/mol. The Bertz CT molecular complexity index is 488. The fourth-order valence-electron chi connectivity index (χ4n) is 1.03. The van der Waals surface area contributed by atoms with Gasteiger partial charge in [0.05, 0.1) is 16.4 Å². The molecule has 0 unspecified atom stereocenters. The number of rotatable bonds is 4. The van der Waals surface area contributed by atoms with Crippen LogP contribution in [0.25, 0.3) is 0 Å². The molecule has 0 saturated heterocycles.